The number of halogens is 1. The van der Waals surface area contributed by atoms with Crippen molar-refractivity contribution in [1.29, 1.82) is 0 Å². The molecule has 98 valence electrons. The van der Waals surface area contributed by atoms with E-state index in [2.05, 4.69) is 15.2 Å². The molecule has 0 bridgehead atoms. The average Bonchev–Trinajstić information content (AvgIpc) is 2.92. The Morgan fingerprint density at radius 3 is 3.00 bits per heavy atom. The van der Waals surface area contributed by atoms with Gasteiger partial charge in [-0.05, 0) is 24.4 Å². The van der Waals surface area contributed by atoms with Crippen molar-refractivity contribution < 1.29 is 0 Å². The van der Waals surface area contributed by atoms with Gasteiger partial charge < -0.3 is 14.1 Å². The van der Waals surface area contributed by atoms with Gasteiger partial charge in [-0.25, -0.2) is 0 Å². The molecule has 5 nitrogen and oxygen atoms in total. The summed E-state index contributed by atoms with van der Waals surface area (Å²) in [6, 6.07) is 5.78. The van der Waals surface area contributed by atoms with E-state index in [1.54, 1.807) is 6.33 Å². The molecule has 0 atom stereocenters. The average molecular weight is 294 g/mol. The third-order valence-corrected chi connectivity index (χ3v) is 3.76. The Morgan fingerprint density at radius 1 is 1.42 bits per heavy atom. The minimum absolute atomic E-state index is 0.672. The maximum Gasteiger partial charge on any atom is 0.178 e. The summed E-state index contributed by atoms with van der Waals surface area (Å²) in [6.07, 6.45) is 2.46. The number of rotatable bonds is 3. The van der Waals surface area contributed by atoms with Crippen molar-refractivity contribution in [1.82, 2.24) is 24.3 Å². The molecule has 7 heteroatoms. The number of nitrogens with zero attached hydrogens (tertiary/aromatic N) is 4. The molecule has 0 aliphatic carbocycles. The molecule has 19 heavy (non-hydrogen) atoms. The molecule has 0 saturated heterocycles. The summed E-state index contributed by atoms with van der Waals surface area (Å²) in [5.74, 6) is 0.929. The molecule has 0 unspecified atom stereocenters. The van der Waals surface area contributed by atoms with Crippen LogP contribution in [0.4, 0.5) is 0 Å². The second kappa shape index (κ2) is 4.79. The second-order valence-electron chi connectivity index (χ2n) is 4.32. The molecule has 0 aliphatic rings. The molecule has 2 heterocycles. The summed E-state index contributed by atoms with van der Waals surface area (Å²) >= 11 is 11.5. The zero-order valence-electron chi connectivity index (χ0n) is 10.3. The Kier molecular flexibility index (Phi) is 3.12. The standard InChI is InChI=1S/C12H12ClN5S/c1-17-7-14-16-10(17)5-6-18-9-4-2-3-8(13)11(9)15-12(18)19/h2-4,7H,5-6H2,1H3,(H,15,19). The van der Waals surface area contributed by atoms with Gasteiger partial charge in [0.05, 0.1) is 16.1 Å². The van der Waals surface area contributed by atoms with Crippen LogP contribution in [0.3, 0.4) is 0 Å². The number of nitrogens with one attached hydrogen (secondary N) is 1. The highest BCUT2D eigenvalue weighted by Crippen LogP contribution is 2.22. The van der Waals surface area contributed by atoms with Gasteiger partial charge in [0, 0.05) is 20.0 Å². The maximum absolute atomic E-state index is 6.15. The lowest BCUT2D eigenvalue weighted by Crippen LogP contribution is -2.05. The van der Waals surface area contributed by atoms with Gasteiger partial charge in [0.2, 0.25) is 0 Å². The SMILES string of the molecule is Cn1cnnc1CCn1c(=S)[nH]c2c(Cl)cccc21. The van der Waals surface area contributed by atoms with Gasteiger partial charge in [-0.1, -0.05) is 17.7 Å². The number of hydrogen-bond donors (Lipinski definition) is 1. The molecular weight excluding hydrogens is 282 g/mol. The summed E-state index contributed by atoms with van der Waals surface area (Å²) in [6.45, 7) is 0.742. The summed E-state index contributed by atoms with van der Waals surface area (Å²) in [4.78, 5) is 3.14. The van der Waals surface area contributed by atoms with Gasteiger partial charge >= 0.3 is 0 Å². The fourth-order valence-electron chi connectivity index (χ4n) is 2.11. The van der Waals surface area contributed by atoms with Gasteiger partial charge in [-0.15, -0.1) is 10.2 Å². The van der Waals surface area contributed by atoms with Crippen molar-refractivity contribution in [2.45, 2.75) is 13.0 Å². The highest BCUT2D eigenvalue weighted by atomic mass is 35.5. The molecule has 3 rings (SSSR count). The van der Waals surface area contributed by atoms with Crippen LogP contribution in [0.1, 0.15) is 5.82 Å². The number of aromatic amines is 1. The first-order valence-corrected chi connectivity index (χ1v) is 6.65. The second-order valence-corrected chi connectivity index (χ2v) is 5.12. The van der Waals surface area contributed by atoms with Crippen LogP contribution in [-0.2, 0) is 20.0 Å². The number of imidazole rings is 1. The molecule has 0 radical (unpaired) electrons. The molecular formula is C12H12ClN5S. The Balaban J connectivity index is 1.97. The van der Waals surface area contributed by atoms with E-state index in [9.17, 15) is 0 Å². The number of aromatic nitrogens is 5. The molecule has 0 fully saturated rings. The fraction of sp³-hybridized carbons (Fsp3) is 0.250. The van der Waals surface area contributed by atoms with Crippen molar-refractivity contribution in [3.63, 3.8) is 0 Å². The first-order valence-electron chi connectivity index (χ1n) is 5.86. The third kappa shape index (κ3) is 2.17. The van der Waals surface area contributed by atoms with E-state index >= 15 is 0 Å². The van der Waals surface area contributed by atoms with Gasteiger partial charge in [-0.2, -0.15) is 0 Å². The largest absolute Gasteiger partial charge is 0.329 e. The number of para-hydroxylation sites is 1. The van der Waals surface area contributed by atoms with Crippen LogP contribution in [0.25, 0.3) is 11.0 Å². The van der Waals surface area contributed by atoms with E-state index in [1.807, 2.05) is 34.4 Å². The van der Waals surface area contributed by atoms with Crippen LogP contribution >= 0.6 is 23.8 Å². The summed E-state index contributed by atoms with van der Waals surface area (Å²) in [7, 11) is 1.93. The molecule has 1 N–H and O–H groups in total. The summed E-state index contributed by atoms with van der Waals surface area (Å²) < 4.78 is 4.61. The van der Waals surface area contributed by atoms with E-state index in [-0.39, 0.29) is 0 Å². The van der Waals surface area contributed by atoms with Crippen molar-refractivity contribution in [2.75, 3.05) is 0 Å². The van der Waals surface area contributed by atoms with E-state index in [1.165, 1.54) is 0 Å². The first-order chi connectivity index (χ1) is 9.16. The summed E-state index contributed by atoms with van der Waals surface area (Å²) in [5.41, 5.74) is 1.90. The minimum Gasteiger partial charge on any atom is -0.329 e. The Labute approximate surface area is 119 Å². The van der Waals surface area contributed by atoms with Crippen LogP contribution in [-0.4, -0.2) is 24.3 Å². The van der Waals surface area contributed by atoms with Gasteiger partial charge in [-0.3, -0.25) is 0 Å². The Bertz CT molecular complexity index is 785. The van der Waals surface area contributed by atoms with Crippen LogP contribution in [0.5, 0.6) is 0 Å². The zero-order chi connectivity index (χ0) is 13.4. The van der Waals surface area contributed by atoms with Gasteiger partial charge in [0.25, 0.3) is 0 Å². The van der Waals surface area contributed by atoms with E-state index in [4.69, 9.17) is 23.8 Å². The first kappa shape index (κ1) is 12.4. The van der Waals surface area contributed by atoms with Crippen molar-refractivity contribution in [3.8, 4) is 0 Å². The highest BCUT2D eigenvalue weighted by molar-refractivity contribution is 7.71. The predicted octanol–water partition coefficient (Wildman–Crippen LogP) is 2.72. The third-order valence-electron chi connectivity index (χ3n) is 3.12. The fourth-order valence-corrected chi connectivity index (χ4v) is 2.62. The lowest BCUT2D eigenvalue weighted by molar-refractivity contribution is 0.656. The van der Waals surface area contributed by atoms with Crippen LogP contribution < -0.4 is 0 Å². The lowest BCUT2D eigenvalue weighted by Gasteiger charge is -2.04. The maximum atomic E-state index is 6.15. The number of hydrogen-bond acceptors (Lipinski definition) is 3. The molecule has 0 amide bonds. The zero-order valence-corrected chi connectivity index (χ0v) is 11.9. The molecule has 0 saturated carbocycles. The number of H-pyrrole nitrogens is 1. The topological polar surface area (TPSA) is 51.4 Å². The monoisotopic (exact) mass is 293 g/mol. The van der Waals surface area contributed by atoms with Crippen molar-refractivity contribution >= 4 is 34.9 Å². The van der Waals surface area contributed by atoms with Crippen LogP contribution in [0.2, 0.25) is 5.02 Å². The molecule has 0 aliphatic heterocycles. The van der Waals surface area contributed by atoms with E-state index in [0.29, 0.717) is 9.79 Å². The molecule has 2 aromatic heterocycles. The molecule has 0 spiro atoms. The van der Waals surface area contributed by atoms with Gasteiger partial charge in [0.15, 0.2) is 4.77 Å². The quantitative estimate of drug-likeness (QED) is 0.756. The number of aryl methyl sites for hydroxylation is 3. The van der Waals surface area contributed by atoms with Crippen LogP contribution in [0, 0.1) is 4.77 Å². The Morgan fingerprint density at radius 2 is 2.26 bits per heavy atom. The molecule has 3 aromatic rings. The number of benzene rings is 1. The van der Waals surface area contributed by atoms with E-state index < -0.39 is 0 Å². The summed E-state index contributed by atoms with van der Waals surface area (Å²) in [5, 5.41) is 8.62. The Hall–Kier alpha value is -1.66. The molecule has 1 aromatic carbocycles. The highest BCUT2D eigenvalue weighted by Gasteiger charge is 2.08. The van der Waals surface area contributed by atoms with E-state index in [0.717, 1.165) is 29.8 Å². The minimum atomic E-state index is 0.672. The predicted molar refractivity (Wildman–Crippen MR) is 76.8 cm³/mol. The van der Waals surface area contributed by atoms with Crippen LogP contribution in [0.15, 0.2) is 24.5 Å². The van der Waals surface area contributed by atoms with Crippen molar-refractivity contribution in [3.05, 3.63) is 40.1 Å². The normalized spacial score (nSPS) is 11.3. The number of fused-ring (bicyclic) bond motifs is 1. The smallest absolute Gasteiger partial charge is 0.178 e. The van der Waals surface area contributed by atoms with Gasteiger partial charge in [0.1, 0.15) is 12.2 Å². The van der Waals surface area contributed by atoms with Crippen molar-refractivity contribution in [2.24, 2.45) is 7.05 Å². The lowest BCUT2D eigenvalue weighted by atomic mass is 10.3.